The fourth-order valence-electron chi connectivity index (χ4n) is 0.404. The Bertz CT molecular complexity index is 134. The number of halogens is 3. The second kappa shape index (κ2) is 4.05. The molecule has 3 nitrogen and oxygen atoms in total. The second-order valence-corrected chi connectivity index (χ2v) is 1.83. The number of hydrogen-bond acceptors (Lipinski definition) is 1. The molecule has 0 radical (unpaired) electrons. The second-order valence-electron chi connectivity index (χ2n) is 1.83. The van der Waals surface area contributed by atoms with Gasteiger partial charge in [-0.25, -0.2) is 4.79 Å². The Morgan fingerprint density at radius 1 is 1.36 bits per heavy atom. The Morgan fingerprint density at radius 2 is 1.91 bits per heavy atom. The molecular weight excluding hydrogens is 161 g/mol. The van der Waals surface area contributed by atoms with E-state index in [2.05, 4.69) is 5.32 Å². The van der Waals surface area contributed by atoms with Gasteiger partial charge in [-0.1, -0.05) is 0 Å². The molecule has 0 heterocycles. The van der Waals surface area contributed by atoms with Crippen LogP contribution in [0.3, 0.4) is 0 Å². The van der Waals surface area contributed by atoms with Gasteiger partial charge >= 0.3 is 12.2 Å². The maximum absolute atomic E-state index is 11.4. The molecule has 6 heteroatoms. The van der Waals surface area contributed by atoms with Gasteiger partial charge in [-0.15, -0.1) is 0 Å². The molecule has 0 aromatic heterocycles. The fourth-order valence-corrected chi connectivity index (χ4v) is 0.404. The van der Waals surface area contributed by atoms with Crippen molar-refractivity contribution in [3.63, 3.8) is 0 Å². The van der Waals surface area contributed by atoms with E-state index >= 15 is 0 Å². The minimum atomic E-state index is -4.34. The van der Waals surface area contributed by atoms with Crippen LogP contribution in [0.2, 0.25) is 0 Å². The molecule has 0 bridgehead atoms. The largest absolute Gasteiger partial charge is 0.405 e. The highest BCUT2D eigenvalue weighted by Gasteiger charge is 2.27. The first-order valence-electron chi connectivity index (χ1n) is 3.04. The summed E-state index contributed by atoms with van der Waals surface area (Å²) in [5, 5.41) is 3.82. The normalized spacial score (nSPS) is 10.9. The minimum absolute atomic E-state index is 0.309. The molecule has 2 amide bonds. The van der Waals surface area contributed by atoms with Gasteiger partial charge in [-0.05, 0) is 6.92 Å². The highest BCUT2D eigenvalue weighted by molar-refractivity contribution is 5.73. The summed E-state index contributed by atoms with van der Waals surface area (Å²) in [6, 6.07) is -0.801. The molecule has 0 unspecified atom stereocenters. The van der Waals surface area contributed by atoms with E-state index in [-0.39, 0.29) is 0 Å². The topological polar surface area (TPSA) is 41.1 Å². The number of carbonyl (C=O) groups excluding carboxylic acids is 1. The number of alkyl halides is 3. The Balaban J connectivity index is 3.46. The Labute approximate surface area is 62.0 Å². The van der Waals surface area contributed by atoms with Crippen LogP contribution in [0.25, 0.3) is 0 Å². The molecule has 0 spiro atoms. The van der Waals surface area contributed by atoms with Crippen LogP contribution < -0.4 is 10.6 Å². The first-order valence-corrected chi connectivity index (χ1v) is 3.04. The number of carbonyl (C=O) groups is 1. The number of nitrogens with one attached hydrogen (secondary N) is 2. The van der Waals surface area contributed by atoms with E-state index in [0.29, 0.717) is 6.54 Å². The van der Waals surface area contributed by atoms with Crippen LogP contribution in [0, 0.1) is 0 Å². The average Bonchev–Trinajstić information content (AvgIpc) is 1.83. The molecule has 0 aliphatic rings. The summed E-state index contributed by atoms with van der Waals surface area (Å²) in [5.74, 6) is 0. The predicted molar refractivity (Wildman–Crippen MR) is 33.1 cm³/mol. The molecule has 0 aliphatic carbocycles. The van der Waals surface area contributed by atoms with Crippen molar-refractivity contribution >= 4 is 6.03 Å². The molecule has 0 aromatic carbocycles. The fraction of sp³-hybridized carbons (Fsp3) is 0.800. The van der Waals surface area contributed by atoms with Crippen molar-refractivity contribution in [3.05, 3.63) is 0 Å². The van der Waals surface area contributed by atoms with Crippen LogP contribution in [-0.4, -0.2) is 25.3 Å². The van der Waals surface area contributed by atoms with Gasteiger partial charge < -0.3 is 10.6 Å². The molecule has 0 saturated carbocycles. The number of amides is 2. The van der Waals surface area contributed by atoms with Crippen molar-refractivity contribution in [2.75, 3.05) is 13.1 Å². The molecule has 11 heavy (non-hydrogen) atoms. The number of hydrogen-bond donors (Lipinski definition) is 2. The Hall–Kier alpha value is -0.940. The average molecular weight is 170 g/mol. The lowest BCUT2D eigenvalue weighted by Crippen LogP contribution is -2.40. The summed E-state index contributed by atoms with van der Waals surface area (Å²) >= 11 is 0. The SMILES string of the molecule is CCNC(=O)NCC(F)(F)F. The van der Waals surface area contributed by atoms with Gasteiger partial charge in [0.15, 0.2) is 0 Å². The van der Waals surface area contributed by atoms with E-state index < -0.39 is 18.8 Å². The van der Waals surface area contributed by atoms with E-state index in [1.54, 1.807) is 12.2 Å². The summed E-state index contributed by atoms with van der Waals surface area (Å²) in [4.78, 5) is 10.4. The molecule has 0 rings (SSSR count). The first kappa shape index (κ1) is 10.1. The van der Waals surface area contributed by atoms with E-state index in [1.807, 2.05) is 0 Å². The molecule has 66 valence electrons. The molecule has 0 aromatic rings. The summed E-state index contributed by atoms with van der Waals surface area (Å²) in [7, 11) is 0. The molecular formula is C5H9F3N2O. The van der Waals surface area contributed by atoms with Crippen LogP contribution in [-0.2, 0) is 0 Å². The van der Waals surface area contributed by atoms with Gasteiger partial charge in [-0.3, -0.25) is 0 Å². The third-order valence-corrected chi connectivity index (χ3v) is 0.787. The first-order chi connectivity index (χ1) is 4.95. The summed E-state index contributed by atoms with van der Waals surface area (Å²) < 4.78 is 34.2. The van der Waals surface area contributed by atoms with Gasteiger partial charge in [0.05, 0.1) is 0 Å². The predicted octanol–water partition coefficient (Wildman–Crippen LogP) is 0.868. The van der Waals surface area contributed by atoms with Crippen LogP contribution in [0.15, 0.2) is 0 Å². The van der Waals surface area contributed by atoms with Crippen LogP contribution in [0.1, 0.15) is 6.92 Å². The molecule has 0 atom stereocenters. The van der Waals surface area contributed by atoms with Gasteiger partial charge in [0.2, 0.25) is 0 Å². The maximum Gasteiger partial charge on any atom is 0.405 e. The maximum atomic E-state index is 11.4. The van der Waals surface area contributed by atoms with Gasteiger partial charge in [-0.2, -0.15) is 13.2 Å². The van der Waals surface area contributed by atoms with Crippen molar-refractivity contribution in [1.82, 2.24) is 10.6 Å². The molecule has 2 N–H and O–H groups in total. The zero-order valence-electron chi connectivity index (χ0n) is 5.96. The van der Waals surface area contributed by atoms with E-state index in [9.17, 15) is 18.0 Å². The zero-order chi connectivity index (χ0) is 8.91. The highest BCUT2D eigenvalue weighted by atomic mass is 19.4. The Morgan fingerprint density at radius 3 is 2.27 bits per heavy atom. The van der Waals surface area contributed by atoms with Crippen molar-refractivity contribution < 1.29 is 18.0 Å². The monoisotopic (exact) mass is 170 g/mol. The number of urea groups is 1. The quantitative estimate of drug-likeness (QED) is 0.634. The van der Waals surface area contributed by atoms with E-state index in [1.165, 1.54) is 0 Å². The third-order valence-electron chi connectivity index (χ3n) is 0.787. The zero-order valence-corrected chi connectivity index (χ0v) is 5.96. The van der Waals surface area contributed by atoms with Gasteiger partial charge in [0.25, 0.3) is 0 Å². The van der Waals surface area contributed by atoms with Crippen LogP contribution >= 0.6 is 0 Å². The lowest BCUT2D eigenvalue weighted by Gasteiger charge is -2.07. The lowest BCUT2D eigenvalue weighted by atomic mass is 10.6. The lowest BCUT2D eigenvalue weighted by molar-refractivity contribution is -0.122. The highest BCUT2D eigenvalue weighted by Crippen LogP contribution is 2.11. The van der Waals surface area contributed by atoms with Crippen molar-refractivity contribution in [2.45, 2.75) is 13.1 Å². The van der Waals surface area contributed by atoms with Crippen molar-refractivity contribution in [2.24, 2.45) is 0 Å². The molecule has 0 fully saturated rings. The van der Waals surface area contributed by atoms with Crippen molar-refractivity contribution in [3.8, 4) is 0 Å². The third kappa shape index (κ3) is 6.95. The molecule has 0 aliphatic heterocycles. The summed E-state index contributed by atoms with van der Waals surface area (Å²) in [5.41, 5.74) is 0. The standard InChI is InChI=1S/C5H9F3N2O/c1-2-9-4(11)10-3-5(6,7)8/h2-3H2,1H3,(H2,9,10,11). The van der Waals surface area contributed by atoms with Crippen molar-refractivity contribution in [1.29, 1.82) is 0 Å². The van der Waals surface area contributed by atoms with E-state index in [0.717, 1.165) is 0 Å². The summed E-state index contributed by atoms with van der Waals surface area (Å²) in [6.07, 6.45) is -4.34. The minimum Gasteiger partial charge on any atom is -0.338 e. The van der Waals surface area contributed by atoms with E-state index in [4.69, 9.17) is 0 Å². The molecule has 0 saturated heterocycles. The van der Waals surface area contributed by atoms with Crippen LogP contribution in [0.4, 0.5) is 18.0 Å². The van der Waals surface area contributed by atoms with Gasteiger partial charge in [0, 0.05) is 6.54 Å². The number of rotatable bonds is 2. The van der Waals surface area contributed by atoms with Crippen LogP contribution in [0.5, 0.6) is 0 Å². The van der Waals surface area contributed by atoms with Gasteiger partial charge in [0.1, 0.15) is 6.54 Å². The Kier molecular flexibility index (Phi) is 3.70. The summed E-state index contributed by atoms with van der Waals surface area (Å²) in [6.45, 7) is 0.635. The smallest absolute Gasteiger partial charge is 0.338 e.